The van der Waals surface area contributed by atoms with Gasteiger partial charge in [-0.3, -0.25) is 9.36 Å². The number of hydrogen-bond donors (Lipinski definition) is 1. The fraction of sp³-hybridized carbons (Fsp3) is 0.615. The molecule has 9 nitrogen and oxygen atoms in total. The molecule has 3 fully saturated rings. The van der Waals surface area contributed by atoms with Crippen molar-refractivity contribution < 1.29 is 9.90 Å². The van der Waals surface area contributed by atoms with Gasteiger partial charge in [0.2, 0.25) is 0 Å². The van der Waals surface area contributed by atoms with Crippen LogP contribution in [-0.4, -0.2) is 59.8 Å². The van der Waals surface area contributed by atoms with Crippen LogP contribution in [0.2, 0.25) is 0 Å². The highest BCUT2D eigenvalue weighted by molar-refractivity contribution is 5.89. The van der Waals surface area contributed by atoms with Crippen molar-refractivity contribution >= 4 is 22.8 Å². The van der Waals surface area contributed by atoms with Gasteiger partial charge >= 0.3 is 6.09 Å². The number of hydrogen-bond acceptors (Lipinski definition) is 5. The predicted octanol–water partition coefficient (Wildman–Crippen LogP) is 4.05. The second-order valence-corrected chi connectivity index (χ2v) is 11.2. The van der Waals surface area contributed by atoms with Crippen LogP contribution >= 0.6 is 0 Å². The summed E-state index contributed by atoms with van der Waals surface area (Å²) in [4.78, 5) is 20.4. The highest BCUT2D eigenvalue weighted by Crippen LogP contribution is 2.55. The Morgan fingerprint density at radius 2 is 1.89 bits per heavy atom. The molecule has 3 aliphatic carbocycles. The normalized spacial score (nSPS) is 25.8. The number of nitrogens with zero attached hydrogens (tertiary/aromatic N) is 7. The molecule has 0 spiro atoms. The Kier molecular flexibility index (Phi) is 4.92. The molecule has 0 aromatic carbocycles. The zero-order valence-electron chi connectivity index (χ0n) is 21.2. The Labute approximate surface area is 205 Å². The van der Waals surface area contributed by atoms with E-state index >= 15 is 0 Å². The summed E-state index contributed by atoms with van der Waals surface area (Å²) in [7, 11) is 3.70. The van der Waals surface area contributed by atoms with Crippen LogP contribution in [0.15, 0.2) is 12.3 Å². The number of aromatic nitrogens is 5. The van der Waals surface area contributed by atoms with Gasteiger partial charge in [-0.1, -0.05) is 0 Å². The van der Waals surface area contributed by atoms with E-state index in [9.17, 15) is 9.90 Å². The fourth-order valence-electron chi connectivity index (χ4n) is 6.98. The minimum atomic E-state index is -0.798. The lowest BCUT2D eigenvalue weighted by Gasteiger charge is -2.56. The van der Waals surface area contributed by atoms with Crippen molar-refractivity contribution in [1.29, 1.82) is 0 Å². The average Bonchev–Trinajstić information content (AvgIpc) is 3.38. The quantitative estimate of drug-likeness (QED) is 0.610. The number of amides is 1. The van der Waals surface area contributed by atoms with Crippen LogP contribution < -0.4 is 4.90 Å². The zero-order valence-corrected chi connectivity index (χ0v) is 21.2. The summed E-state index contributed by atoms with van der Waals surface area (Å²) in [5.41, 5.74) is 7.08. The molecule has 35 heavy (non-hydrogen) atoms. The number of pyridine rings is 1. The summed E-state index contributed by atoms with van der Waals surface area (Å²) in [6.45, 7) is 6.95. The standard InChI is InChI=1S/C26H35N7O2/c1-17-13-22(19-14-27-31(4)23(19)28-17)32-12-5-21-20(15-32)18(2)29-33(21)16-25-6-9-26(10-7-25,11-8-25)30(3)24(34)35/h13-14H,5-12,15-16H2,1-4H3,(H,34,35). The Morgan fingerprint density at radius 1 is 1.17 bits per heavy atom. The van der Waals surface area contributed by atoms with Gasteiger partial charge in [0.1, 0.15) is 0 Å². The summed E-state index contributed by atoms with van der Waals surface area (Å²) in [6.07, 6.45) is 8.25. The number of aryl methyl sites for hydroxylation is 3. The van der Waals surface area contributed by atoms with Crippen molar-refractivity contribution in [2.45, 2.75) is 77.4 Å². The van der Waals surface area contributed by atoms with Crippen molar-refractivity contribution in [3.63, 3.8) is 0 Å². The molecule has 4 aliphatic rings. The van der Waals surface area contributed by atoms with Crippen LogP contribution in [0.3, 0.4) is 0 Å². The smallest absolute Gasteiger partial charge is 0.407 e. The maximum Gasteiger partial charge on any atom is 0.407 e. The van der Waals surface area contributed by atoms with Gasteiger partial charge in [-0.2, -0.15) is 10.2 Å². The van der Waals surface area contributed by atoms with E-state index in [0.717, 1.165) is 87.0 Å². The van der Waals surface area contributed by atoms with Crippen LogP contribution in [-0.2, 0) is 26.6 Å². The molecule has 2 bridgehead atoms. The number of carboxylic acid groups (broad SMARTS) is 1. The van der Waals surface area contributed by atoms with E-state index in [2.05, 4.69) is 32.7 Å². The van der Waals surface area contributed by atoms with E-state index in [-0.39, 0.29) is 11.0 Å². The maximum atomic E-state index is 11.6. The van der Waals surface area contributed by atoms with Crippen LogP contribution in [0.1, 0.15) is 61.2 Å². The van der Waals surface area contributed by atoms with E-state index in [0.29, 0.717) is 0 Å². The lowest BCUT2D eigenvalue weighted by molar-refractivity contribution is -0.0431. The number of carbonyl (C=O) groups is 1. The highest BCUT2D eigenvalue weighted by Gasteiger charge is 2.52. The summed E-state index contributed by atoms with van der Waals surface area (Å²) in [5, 5.41) is 20.2. The van der Waals surface area contributed by atoms with E-state index in [4.69, 9.17) is 5.10 Å². The minimum absolute atomic E-state index is 0.159. The molecule has 1 N–H and O–H groups in total. The molecule has 7 rings (SSSR count). The summed E-state index contributed by atoms with van der Waals surface area (Å²) < 4.78 is 4.15. The van der Waals surface area contributed by atoms with Crippen LogP contribution in [0.4, 0.5) is 10.5 Å². The van der Waals surface area contributed by atoms with Gasteiger partial charge in [-0.25, -0.2) is 9.78 Å². The predicted molar refractivity (Wildman–Crippen MR) is 134 cm³/mol. The molecule has 3 saturated carbocycles. The lowest BCUT2D eigenvalue weighted by atomic mass is 9.57. The summed E-state index contributed by atoms with van der Waals surface area (Å²) in [5.74, 6) is 0. The molecule has 4 heterocycles. The van der Waals surface area contributed by atoms with E-state index in [1.165, 1.54) is 16.9 Å². The lowest BCUT2D eigenvalue weighted by Crippen LogP contribution is -2.57. The molecular formula is C26H35N7O2. The molecule has 0 atom stereocenters. The Bertz CT molecular complexity index is 1300. The monoisotopic (exact) mass is 477 g/mol. The third-order valence-corrected chi connectivity index (χ3v) is 9.33. The van der Waals surface area contributed by atoms with Crippen molar-refractivity contribution in [2.24, 2.45) is 12.5 Å². The van der Waals surface area contributed by atoms with Crippen LogP contribution in [0.25, 0.3) is 11.0 Å². The van der Waals surface area contributed by atoms with Crippen molar-refractivity contribution in [3.8, 4) is 0 Å². The number of anilines is 1. The Hall–Kier alpha value is -3.10. The van der Waals surface area contributed by atoms with Gasteiger partial charge in [0, 0.05) is 62.6 Å². The van der Waals surface area contributed by atoms with Gasteiger partial charge < -0.3 is 14.9 Å². The van der Waals surface area contributed by atoms with Gasteiger partial charge in [0.05, 0.1) is 23.0 Å². The highest BCUT2D eigenvalue weighted by atomic mass is 16.4. The first-order valence-corrected chi connectivity index (χ1v) is 12.8. The largest absolute Gasteiger partial charge is 0.465 e. The van der Waals surface area contributed by atoms with Crippen molar-refractivity contribution in [2.75, 3.05) is 18.5 Å². The molecule has 3 aromatic heterocycles. The number of rotatable bonds is 4. The zero-order chi connectivity index (χ0) is 24.5. The third kappa shape index (κ3) is 3.42. The van der Waals surface area contributed by atoms with Crippen LogP contribution in [0, 0.1) is 19.3 Å². The fourth-order valence-corrected chi connectivity index (χ4v) is 6.98. The second-order valence-electron chi connectivity index (χ2n) is 11.2. The maximum absolute atomic E-state index is 11.6. The summed E-state index contributed by atoms with van der Waals surface area (Å²) >= 11 is 0. The SMILES string of the molecule is Cc1cc(N2CCc3c(c(C)nn3CC34CCC(N(C)C(=O)O)(CC3)CC4)C2)c2cnn(C)c2n1. The molecule has 1 amide bonds. The molecule has 0 unspecified atom stereocenters. The minimum Gasteiger partial charge on any atom is -0.465 e. The first-order chi connectivity index (χ1) is 16.7. The van der Waals surface area contributed by atoms with E-state index in [1.54, 1.807) is 11.9 Å². The Morgan fingerprint density at radius 3 is 2.57 bits per heavy atom. The topological polar surface area (TPSA) is 92.3 Å². The van der Waals surface area contributed by atoms with E-state index in [1.807, 2.05) is 24.9 Å². The summed E-state index contributed by atoms with van der Waals surface area (Å²) in [6, 6.07) is 2.18. The van der Waals surface area contributed by atoms with Gasteiger partial charge in [0.15, 0.2) is 5.65 Å². The molecule has 9 heteroatoms. The third-order valence-electron chi connectivity index (χ3n) is 9.33. The Balaban J connectivity index is 1.24. The number of fused-ring (bicyclic) bond motifs is 5. The first-order valence-electron chi connectivity index (χ1n) is 12.8. The van der Waals surface area contributed by atoms with E-state index < -0.39 is 6.09 Å². The molecule has 3 aromatic rings. The van der Waals surface area contributed by atoms with Gasteiger partial charge in [0.25, 0.3) is 0 Å². The first kappa shape index (κ1) is 22.4. The molecule has 1 aliphatic heterocycles. The average molecular weight is 478 g/mol. The van der Waals surface area contributed by atoms with Crippen molar-refractivity contribution in [3.05, 3.63) is 34.9 Å². The van der Waals surface area contributed by atoms with Gasteiger partial charge in [-0.15, -0.1) is 0 Å². The molecule has 0 radical (unpaired) electrons. The molecule has 0 saturated heterocycles. The van der Waals surface area contributed by atoms with Crippen LogP contribution in [0.5, 0.6) is 0 Å². The van der Waals surface area contributed by atoms with Crippen molar-refractivity contribution in [1.82, 2.24) is 29.4 Å². The van der Waals surface area contributed by atoms with Gasteiger partial charge in [-0.05, 0) is 63.9 Å². The molecular weight excluding hydrogens is 442 g/mol. The second kappa shape index (κ2) is 7.70. The molecule has 186 valence electrons.